The van der Waals surface area contributed by atoms with Crippen molar-refractivity contribution in [3.05, 3.63) is 11.7 Å². The first-order chi connectivity index (χ1) is 7.22. The highest BCUT2D eigenvalue weighted by molar-refractivity contribution is 7.98. The van der Waals surface area contributed by atoms with Crippen molar-refractivity contribution in [2.24, 2.45) is 0 Å². The second-order valence-corrected chi connectivity index (χ2v) is 5.14. The first-order valence-corrected chi connectivity index (χ1v) is 6.50. The summed E-state index contributed by atoms with van der Waals surface area (Å²) in [6, 6.07) is 0. The molecule has 84 valence electrons. The van der Waals surface area contributed by atoms with E-state index in [1.54, 1.807) is 11.8 Å². The molecule has 0 radical (unpaired) electrons. The van der Waals surface area contributed by atoms with Gasteiger partial charge in [0.15, 0.2) is 5.82 Å². The van der Waals surface area contributed by atoms with Gasteiger partial charge >= 0.3 is 0 Å². The van der Waals surface area contributed by atoms with Gasteiger partial charge in [0.2, 0.25) is 5.89 Å². The largest absolute Gasteiger partial charge is 0.339 e. The molecule has 1 fully saturated rings. The zero-order valence-electron chi connectivity index (χ0n) is 8.99. The molecule has 1 unspecified atom stereocenters. The van der Waals surface area contributed by atoms with Gasteiger partial charge in [0, 0.05) is 11.7 Å². The van der Waals surface area contributed by atoms with Gasteiger partial charge in [0.05, 0.1) is 5.41 Å². The normalized spacial score (nSPS) is 20.2. The second-order valence-electron chi connectivity index (χ2n) is 4.23. The molecule has 0 aromatic carbocycles. The van der Waals surface area contributed by atoms with E-state index in [1.807, 2.05) is 13.2 Å². The highest BCUT2D eigenvalue weighted by atomic mass is 32.2. The van der Waals surface area contributed by atoms with Gasteiger partial charge in [0.1, 0.15) is 6.67 Å². The fourth-order valence-electron chi connectivity index (χ4n) is 1.54. The van der Waals surface area contributed by atoms with E-state index in [0.29, 0.717) is 11.7 Å². The van der Waals surface area contributed by atoms with Crippen LogP contribution in [0.1, 0.15) is 37.4 Å². The summed E-state index contributed by atoms with van der Waals surface area (Å²) in [5.41, 5.74) is -0.402. The molecule has 1 aliphatic rings. The average molecular weight is 230 g/mol. The summed E-state index contributed by atoms with van der Waals surface area (Å²) < 4.78 is 17.9. The minimum atomic E-state index is -0.402. The van der Waals surface area contributed by atoms with Crippen LogP contribution in [0, 0.1) is 0 Å². The van der Waals surface area contributed by atoms with Crippen LogP contribution in [0.2, 0.25) is 0 Å². The van der Waals surface area contributed by atoms with Gasteiger partial charge in [-0.1, -0.05) is 12.1 Å². The molecule has 0 amide bonds. The second kappa shape index (κ2) is 4.12. The fraction of sp³-hybridized carbons (Fsp3) is 0.800. The molecule has 0 aliphatic heterocycles. The molecule has 0 saturated heterocycles. The van der Waals surface area contributed by atoms with Gasteiger partial charge in [-0.3, -0.25) is 0 Å². The maximum atomic E-state index is 12.8. The third-order valence-corrected chi connectivity index (χ3v) is 3.70. The van der Waals surface area contributed by atoms with E-state index in [9.17, 15) is 4.39 Å². The predicted molar refractivity (Wildman–Crippen MR) is 58.0 cm³/mol. The molecule has 5 heteroatoms. The number of alkyl halides is 1. The van der Waals surface area contributed by atoms with E-state index in [4.69, 9.17) is 4.52 Å². The summed E-state index contributed by atoms with van der Waals surface area (Å²) in [4.78, 5) is 4.30. The standard InChI is InChI=1S/C10H15FN2OS/c1-7(5-15-2)8-12-9(13-14-8)10(6-11)3-4-10/h7H,3-6H2,1-2H3. The molecule has 15 heavy (non-hydrogen) atoms. The topological polar surface area (TPSA) is 38.9 Å². The molecule has 2 rings (SSSR count). The van der Waals surface area contributed by atoms with E-state index < -0.39 is 5.41 Å². The third-order valence-electron chi connectivity index (χ3n) is 2.86. The summed E-state index contributed by atoms with van der Waals surface area (Å²) >= 11 is 1.74. The molecule has 0 N–H and O–H groups in total. The summed E-state index contributed by atoms with van der Waals surface area (Å²) in [6.45, 7) is 1.67. The van der Waals surface area contributed by atoms with Gasteiger partial charge < -0.3 is 4.52 Å². The quantitative estimate of drug-likeness (QED) is 0.779. The first-order valence-electron chi connectivity index (χ1n) is 5.11. The number of hydrogen-bond donors (Lipinski definition) is 0. The summed E-state index contributed by atoms with van der Waals surface area (Å²) in [6.07, 6.45) is 3.73. The van der Waals surface area contributed by atoms with Crippen molar-refractivity contribution in [3.8, 4) is 0 Å². The van der Waals surface area contributed by atoms with E-state index in [0.717, 1.165) is 18.6 Å². The SMILES string of the molecule is CSCC(C)c1nc(C2(CF)CC2)no1. The number of halogens is 1. The minimum absolute atomic E-state index is 0.247. The Morgan fingerprint density at radius 1 is 1.60 bits per heavy atom. The Bertz CT molecular complexity index is 338. The molecule has 1 aromatic rings. The Balaban J connectivity index is 2.10. The fourth-order valence-corrected chi connectivity index (χ4v) is 2.18. The predicted octanol–water partition coefficient (Wildman–Crippen LogP) is 2.54. The first kappa shape index (κ1) is 10.9. The molecular formula is C10H15FN2OS. The van der Waals surface area contributed by atoms with Crippen molar-refractivity contribution in [1.82, 2.24) is 10.1 Å². The van der Waals surface area contributed by atoms with E-state index in [2.05, 4.69) is 10.1 Å². The number of nitrogens with zero attached hydrogens (tertiary/aromatic N) is 2. The molecule has 1 aromatic heterocycles. The summed E-state index contributed by atoms with van der Waals surface area (Å²) in [5.74, 6) is 2.40. The molecule has 3 nitrogen and oxygen atoms in total. The maximum absolute atomic E-state index is 12.8. The summed E-state index contributed by atoms with van der Waals surface area (Å²) in [7, 11) is 0. The Hall–Kier alpha value is -0.580. The van der Waals surface area contributed by atoms with Gasteiger partial charge in [-0.2, -0.15) is 16.7 Å². The van der Waals surface area contributed by atoms with Crippen LogP contribution < -0.4 is 0 Å². The van der Waals surface area contributed by atoms with Crippen LogP contribution in [0.4, 0.5) is 4.39 Å². The monoisotopic (exact) mass is 230 g/mol. The number of aromatic nitrogens is 2. The van der Waals surface area contributed by atoms with Gasteiger partial charge in [-0.05, 0) is 19.1 Å². The molecule has 1 atom stereocenters. The third kappa shape index (κ3) is 2.02. The van der Waals surface area contributed by atoms with Crippen LogP contribution in [0.3, 0.4) is 0 Å². The van der Waals surface area contributed by atoms with Crippen molar-refractivity contribution in [2.75, 3.05) is 18.7 Å². The summed E-state index contributed by atoms with van der Waals surface area (Å²) in [5, 5.41) is 3.89. The van der Waals surface area contributed by atoms with Crippen molar-refractivity contribution >= 4 is 11.8 Å². The van der Waals surface area contributed by atoms with Crippen LogP contribution in [0.15, 0.2) is 4.52 Å². The zero-order chi connectivity index (χ0) is 10.9. The van der Waals surface area contributed by atoms with Crippen LogP contribution in [-0.4, -0.2) is 28.8 Å². The Kier molecular flexibility index (Phi) is 3.00. The van der Waals surface area contributed by atoms with Crippen molar-refractivity contribution in [3.63, 3.8) is 0 Å². The molecule has 0 spiro atoms. The lowest BCUT2D eigenvalue weighted by Crippen LogP contribution is -2.11. The minimum Gasteiger partial charge on any atom is -0.339 e. The molecule has 1 saturated carbocycles. The van der Waals surface area contributed by atoms with Crippen molar-refractivity contribution < 1.29 is 8.91 Å². The molecule has 1 aliphatic carbocycles. The van der Waals surface area contributed by atoms with Crippen molar-refractivity contribution in [2.45, 2.75) is 31.1 Å². The van der Waals surface area contributed by atoms with E-state index >= 15 is 0 Å². The van der Waals surface area contributed by atoms with Crippen LogP contribution >= 0.6 is 11.8 Å². The van der Waals surface area contributed by atoms with Crippen molar-refractivity contribution in [1.29, 1.82) is 0 Å². The lowest BCUT2D eigenvalue weighted by molar-refractivity contribution is 0.346. The maximum Gasteiger partial charge on any atom is 0.230 e. The highest BCUT2D eigenvalue weighted by Gasteiger charge is 2.48. The Morgan fingerprint density at radius 3 is 2.87 bits per heavy atom. The number of thioether (sulfide) groups is 1. The molecular weight excluding hydrogens is 215 g/mol. The lowest BCUT2D eigenvalue weighted by Gasteiger charge is -2.03. The highest BCUT2D eigenvalue weighted by Crippen LogP contribution is 2.47. The van der Waals surface area contributed by atoms with Crippen LogP contribution in [-0.2, 0) is 5.41 Å². The number of hydrogen-bond acceptors (Lipinski definition) is 4. The molecule has 0 bridgehead atoms. The number of rotatable bonds is 5. The van der Waals surface area contributed by atoms with E-state index in [1.165, 1.54) is 0 Å². The van der Waals surface area contributed by atoms with Crippen LogP contribution in [0.25, 0.3) is 0 Å². The van der Waals surface area contributed by atoms with E-state index in [-0.39, 0.29) is 12.6 Å². The molecule has 1 heterocycles. The smallest absolute Gasteiger partial charge is 0.230 e. The van der Waals surface area contributed by atoms with Gasteiger partial charge in [0.25, 0.3) is 0 Å². The lowest BCUT2D eigenvalue weighted by atomic mass is 10.1. The van der Waals surface area contributed by atoms with Gasteiger partial charge in [-0.15, -0.1) is 0 Å². The Morgan fingerprint density at radius 2 is 2.33 bits per heavy atom. The van der Waals surface area contributed by atoms with Crippen LogP contribution in [0.5, 0.6) is 0 Å². The average Bonchev–Trinajstić information content (AvgIpc) is 2.88. The zero-order valence-corrected chi connectivity index (χ0v) is 9.81. The Labute approximate surface area is 92.8 Å². The van der Waals surface area contributed by atoms with Gasteiger partial charge in [-0.25, -0.2) is 4.39 Å².